The standard InChI is InChI=1S/C10H12FNO/c1-13-10-4-6(2-3-8(10)11)7-5-9(7)12/h2-4,7,9H,5,12H2,1H3/t7-,9+/m0/s1. The average Bonchev–Trinajstić information content (AvgIpc) is 2.84. The van der Waals surface area contributed by atoms with E-state index < -0.39 is 0 Å². The summed E-state index contributed by atoms with van der Waals surface area (Å²) in [6.45, 7) is 0. The Morgan fingerprint density at radius 3 is 2.77 bits per heavy atom. The number of hydrogen-bond donors (Lipinski definition) is 1. The van der Waals surface area contributed by atoms with E-state index in [9.17, 15) is 4.39 Å². The number of benzene rings is 1. The first-order valence-electron chi connectivity index (χ1n) is 4.31. The fourth-order valence-corrected chi connectivity index (χ4v) is 1.50. The molecular weight excluding hydrogens is 169 g/mol. The van der Waals surface area contributed by atoms with Crippen molar-refractivity contribution in [1.29, 1.82) is 0 Å². The molecular formula is C10H12FNO. The van der Waals surface area contributed by atoms with E-state index in [-0.39, 0.29) is 11.9 Å². The van der Waals surface area contributed by atoms with Crippen LogP contribution in [-0.4, -0.2) is 13.2 Å². The van der Waals surface area contributed by atoms with E-state index in [1.54, 1.807) is 12.1 Å². The molecule has 0 aromatic heterocycles. The third-order valence-corrected chi connectivity index (χ3v) is 2.44. The Morgan fingerprint density at radius 2 is 2.23 bits per heavy atom. The van der Waals surface area contributed by atoms with Crippen molar-refractivity contribution in [3.8, 4) is 5.75 Å². The van der Waals surface area contributed by atoms with Gasteiger partial charge in [-0.15, -0.1) is 0 Å². The molecule has 1 aromatic rings. The van der Waals surface area contributed by atoms with Crippen molar-refractivity contribution in [1.82, 2.24) is 0 Å². The lowest BCUT2D eigenvalue weighted by Gasteiger charge is -2.04. The van der Waals surface area contributed by atoms with Crippen LogP contribution in [0.3, 0.4) is 0 Å². The molecule has 0 heterocycles. The molecule has 70 valence electrons. The number of nitrogens with two attached hydrogens (primary N) is 1. The van der Waals surface area contributed by atoms with Crippen molar-refractivity contribution < 1.29 is 9.13 Å². The van der Waals surface area contributed by atoms with Crippen LogP contribution in [0.15, 0.2) is 18.2 Å². The first kappa shape index (κ1) is 8.51. The Hall–Kier alpha value is -1.09. The maximum atomic E-state index is 13.0. The fraction of sp³-hybridized carbons (Fsp3) is 0.400. The minimum Gasteiger partial charge on any atom is -0.494 e. The second kappa shape index (κ2) is 3.00. The predicted octanol–water partition coefficient (Wildman–Crippen LogP) is 1.65. The molecule has 0 saturated heterocycles. The molecule has 3 heteroatoms. The zero-order chi connectivity index (χ0) is 9.42. The molecule has 0 bridgehead atoms. The molecule has 0 spiro atoms. The number of ether oxygens (including phenoxy) is 1. The van der Waals surface area contributed by atoms with E-state index in [0.717, 1.165) is 12.0 Å². The molecule has 1 fully saturated rings. The lowest BCUT2D eigenvalue weighted by atomic mass is 10.1. The van der Waals surface area contributed by atoms with Gasteiger partial charge in [0.05, 0.1) is 7.11 Å². The summed E-state index contributed by atoms with van der Waals surface area (Å²) in [6.07, 6.45) is 0.995. The molecule has 1 aliphatic carbocycles. The summed E-state index contributed by atoms with van der Waals surface area (Å²) >= 11 is 0. The van der Waals surface area contributed by atoms with Crippen molar-refractivity contribution >= 4 is 0 Å². The Kier molecular flexibility index (Phi) is 1.96. The van der Waals surface area contributed by atoms with Crippen LogP contribution in [0.25, 0.3) is 0 Å². The zero-order valence-corrected chi connectivity index (χ0v) is 7.46. The van der Waals surface area contributed by atoms with Crippen molar-refractivity contribution in [2.75, 3.05) is 7.11 Å². The van der Waals surface area contributed by atoms with Crippen LogP contribution in [-0.2, 0) is 0 Å². The van der Waals surface area contributed by atoms with Gasteiger partial charge in [0.15, 0.2) is 11.6 Å². The normalized spacial score (nSPS) is 25.8. The molecule has 1 saturated carbocycles. The van der Waals surface area contributed by atoms with Crippen LogP contribution in [0.1, 0.15) is 17.9 Å². The monoisotopic (exact) mass is 181 g/mol. The molecule has 0 radical (unpaired) electrons. The van der Waals surface area contributed by atoms with Crippen molar-refractivity contribution in [3.05, 3.63) is 29.6 Å². The van der Waals surface area contributed by atoms with Crippen molar-refractivity contribution in [3.63, 3.8) is 0 Å². The predicted molar refractivity (Wildman–Crippen MR) is 48.3 cm³/mol. The minimum atomic E-state index is -0.319. The molecule has 0 unspecified atom stereocenters. The lowest BCUT2D eigenvalue weighted by molar-refractivity contribution is 0.386. The van der Waals surface area contributed by atoms with Crippen LogP contribution in [0.5, 0.6) is 5.75 Å². The van der Waals surface area contributed by atoms with Gasteiger partial charge >= 0.3 is 0 Å². The highest BCUT2D eigenvalue weighted by atomic mass is 19.1. The van der Waals surface area contributed by atoms with E-state index in [1.165, 1.54) is 13.2 Å². The number of rotatable bonds is 2. The van der Waals surface area contributed by atoms with Crippen LogP contribution >= 0.6 is 0 Å². The van der Waals surface area contributed by atoms with Gasteiger partial charge < -0.3 is 10.5 Å². The first-order valence-corrected chi connectivity index (χ1v) is 4.31. The smallest absolute Gasteiger partial charge is 0.165 e. The van der Waals surface area contributed by atoms with Gasteiger partial charge in [0, 0.05) is 12.0 Å². The Bertz CT molecular complexity index is 327. The van der Waals surface area contributed by atoms with E-state index in [4.69, 9.17) is 10.5 Å². The Balaban J connectivity index is 2.28. The highest BCUT2D eigenvalue weighted by molar-refractivity contribution is 5.36. The van der Waals surface area contributed by atoms with Gasteiger partial charge in [0.25, 0.3) is 0 Å². The lowest BCUT2D eigenvalue weighted by Crippen LogP contribution is -2.01. The first-order chi connectivity index (χ1) is 6.22. The fourth-order valence-electron chi connectivity index (χ4n) is 1.50. The van der Waals surface area contributed by atoms with E-state index in [1.807, 2.05) is 0 Å². The maximum absolute atomic E-state index is 13.0. The number of hydrogen-bond acceptors (Lipinski definition) is 2. The Labute approximate surface area is 76.5 Å². The summed E-state index contributed by atoms with van der Waals surface area (Å²) in [5.41, 5.74) is 6.77. The quantitative estimate of drug-likeness (QED) is 0.752. The van der Waals surface area contributed by atoms with Gasteiger partial charge in [0.2, 0.25) is 0 Å². The third kappa shape index (κ3) is 1.52. The average molecular weight is 181 g/mol. The van der Waals surface area contributed by atoms with Crippen LogP contribution in [0, 0.1) is 5.82 Å². The second-order valence-electron chi connectivity index (χ2n) is 3.40. The zero-order valence-electron chi connectivity index (χ0n) is 7.46. The van der Waals surface area contributed by atoms with Gasteiger partial charge in [-0.25, -0.2) is 4.39 Å². The summed E-state index contributed by atoms with van der Waals surface area (Å²) in [7, 11) is 1.47. The number of methoxy groups -OCH3 is 1. The molecule has 1 aliphatic rings. The highest BCUT2D eigenvalue weighted by Gasteiger charge is 2.35. The van der Waals surface area contributed by atoms with E-state index in [2.05, 4.69) is 0 Å². The Morgan fingerprint density at radius 1 is 1.54 bits per heavy atom. The van der Waals surface area contributed by atoms with Crippen LogP contribution < -0.4 is 10.5 Å². The summed E-state index contributed by atoms with van der Waals surface area (Å²) in [5.74, 6) is 0.381. The maximum Gasteiger partial charge on any atom is 0.165 e. The van der Waals surface area contributed by atoms with Gasteiger partial charge in [-0.2, -0.15) is 0 Å². The van der Waals surface area contributed by atoms with Gasteiger partial charge in [-0.1, -0.05) is 6.07 Å². The molecule has 2 N–H and O–H groups in total. The van der Waals surface area contributed by atoms with Crippen LogP contribution in [0.4, 0.5) is 4.39 Å². The van der Waals surface area contributed by atoms with Gasteiger partial charge in [0.1, 0.15) is 0 Å². The van der Waals surface area contributed by atoms with E-state index >= 15 is 0 Å². The molecule has 1 aromatic carbocycles. The summed E-state index contributed by atoms with van der Waals surface area (Å²) in [6, 6.07) is 5.18. The molecule has 2 rings (SSSR count). The topological polar surface area (TPSA) is 35.2 Å². The van der Waals surface area contributed by atoms with Gasteiger partial charge in [-0.05, 0) is 24.1 Å². The van der Waals surface area contributed by atoms with Crippen LogP contribution in [0.2, 0.25) is 0 Å². The minimum absolute atomic E-state index is 0.246. The SMILES string of the molecule is COc1cc([C@@H]2C[C@H]2N)ccc1F. The molecule has 13 heavy (non-hydrogen) atoms. The molecule has 2 nitrogen and oxygen atoms in total. The summed E-state index contributed by atoms with van der Waals surface area (Å²) in [4.78, 5) is 0. The molecule has 0 amide bonds. The summed E-state index contributed by atoms with van der Waals surface area (Å²) < 4.78 is 17.9. The number of halogens is 1. The largest absolute Gasteiger partial charge is 0.494 e. The van der Waals surface area contributed by atoms with Crippen molar-refractivity contribution in [2.45, 2.75) is 18.4 Å². The van der Waals surface area contributed by atoms with E-state index in [0.29, 0.717) is 11.7 Å². The van der Waals surface area contributed by atoms with Crippen molar-refractivity contribution in [2.24, 2.45) is 5.73 Å². The third-order valence-electron chi connectivity index (χ3n) is 2.44. The van der Waals surface area contributed by atoms with Gasteiger partial charge in [-0.3, -0.25) is 0 Å². The molecule has 2 atom stereocenters. The second-order valence-corrected chi connectivity index (χ2v) is 3.40. The summed E-state index contributed by atoms with van der Waals surface area (Å²) in [5, 5.41) is 0. The molecule has 0 aliphatic heterocycles. The highest BCUT2D eigenvalue weighted by Crippen LogP contribution is 2.40.